The normalized spacial score (nSPS) is 10.5. The quantitative estimate of drug-likeness (QED) is 0.884. The molecule has 0 fully saturated rings. The first-order chi connectivity index (χ1) is 8.65. The van der Waals surface area contributed by atoms with Crippen LogP contribution in [0.25, 0.3) is 0 Å². The Morgan fingerprint density at radius 1 is 1.33 bits per heavy atom. The highest BCUT2D eigenvalue weighted by atomic mass is 35.5. The lowest BCUT2D eigenvalue weighted by molar-refractivity contribution is -0.137. The van der Waals surface area contributed by atoms with Crippen LogP contribution in [0.3, 0.4) is 0 Å². The van der Waals surface area contributed by atoms with Gasteiger partial charge in [-0.05, 0) is 28.1 Å². The molecular formula is C11H11ClN4O2. The predicted octanol–water partition coefficient (Wildman–Crippen LogP) is 1.39. The fraction of sp³-hybridized carbons (Fsp3) is 0.273. The summed E-state index contributed by atoms with van der Waals surface area (Å²) in [5.74, 6) is -0.235. The van der Waals surface area contributed by atoms with Crippen molar-refractivity contribution in [3.05, 3.63) is 40.7 Å². The van der Waals surface area contributed by atoms with Crippen LogP contribution in [0.4, 0.5) is 0 Å². The highest BCUT2D eigenvalue weighted by Crippen LogP contribution is 2.12. The van der Waals surface area contributed by atoms with Gasteiger partial charge in [0.1, 0.15) is 0 Å². The monoisotopic (exact) mass is 266 g/mol. The number of carboxylic acid groups (broad SMARTS) is 1. The van der Waals surface area contributed by atoms with Crippen LogP contribution in [0.15, 0.2) is 24.3 Å². The molecule has 0 spiro atoms. The van der Waals surface area contributed by atoms with Gasteiger partial charge >= 0.3 is 5.97 Å². The van der Waals surface area contributed by atoms with Crippen molar-refractivity contribution in [1.29, 1.82) is 0 Å². The molecule has 1 N–H and O–H groups in total. The molecule has 94 valence electrons. The van der Waals surface area contributed by atoms with Gasteiger partial charge in [0, 0.05) is 11.4 Å². The molecule has 0 bridgehead atoms. The molecular weight excluding hydrogens is 256 g/mol. The number of nitrogens with zero attached hydrogens (tertiary/aromatic N) is 4. The fourth-order valence-corrected chi connectivity index (χ4v) is 1.64. The van der Waals surface area contributed by atoms with E-state index < -0.39 is 5.97 Å². The minimum Gasteiger partial charge on any atom is -0.481 e. The Labute approximate surface area is 108 Å². The Bertz CT molecular complexity index is 538. The van der Waals surface area contributed by atoms with Gasteiger partial charge in [-0.25, -0.2) is 4.68 Å². The number of tetrazole rings is 1. The van der Waals surface area contributed by atoms with Gasteiger partial charge in [0.05, 0.1) is 13.0 Å². The molecule has 1 aromatic carbocycles. The van der Waals surface area contributed by atoms with Gasteiger partial charge in [-0.2, -0.15) is 0 Å². The molecule has 0 aliphatic rings. The van der Waals surface area contributed by atoms with Crippen LogP contribution in [0.1, 0.15) is 17.8 Å². The molecule has 1 heterocycles. The summed E-state index contributed by atoms with van der Waals surface area (Å²) in [6.07, 6.45) is 0.544. The van der Waals surface area contributed by atoms with Crippen LogP contribution in [-0.4, -0.2) is 31.3 Å². The van der Waals surface area contributed by atoms with E-state index in [1.54, 1.807) is 12.1 Å². The van der Waals surface area contributed by atoms with Crippen molar-refractivity contribution in [2.75, 3.05) is 0 Å². The number of aliphatic carboxylic acids is 1. The van der Waals surface area contributed by atoms with Gasteiger partial charge in [-0.15, -0.1) is 5.10 Å². The average Bonchev–Trinajstić information content (AvgIpc) is 2.77. The maximum absolute atomic E-state index is 10.5. The molecule has 0 radical (unpaired) electrons. The first-order valence-corrected chi connectivity index (χ1v) is 5.74. The molecule has 0 aliphatic heterocycles. The molecule has 0 unspecified atom stereocenters. The molecule has 0 atom stereocenters. The first-order valence-electron chi connectivity index (χ1n) is 5.36. The lowest BCUT2D eigenvalue weighted by Gasteiger charge is -2.03. The lowest BCUT2D eigenvalue weighted by atomic mass is 10.1. The zero-order chi connectivity index (χ0) is 13.0. The standard InChI is InChI=1S/C11H11ClN4O2/c12-9-3-1-8(2-4-9)7-10-13-14-15-16(10)6-5-11(17)18/h1-4H,5-7H2,(H,17,18). The van der Waals surface area contributed by atoms with Crippen molar-refractivity contribution in [1.82, 2.24) is 20.2 Å². The van der Waals surface area contributed by atoms with Crippen molar-refractivity contribution >= 4 is 17.6 Å². The van der Waals surface area contributed by atoms with E-state index in [9.17, 15) is 4.79 Å². The van der Waals surface area contributed by atoms with Crippen LogP contribution in [0.2, 0.25) is 5.02 Å². The predicted molar refractivity (Wildman–Crippen MR) is 64.3 cm³/mol. The Balaban J connectivity index is 2.07. The lowest BCUT2D eigenvalue weighted by Crippen LogP contribution is -2.10. The maximum atomic E-state index is 10.5. The second kappa shape index (κ2) is 5.59. The number of carboxylic acids is 1. The zero-order valence-electron chi connectivity index (χ0n) is 9.45. The van der Waals surface area contributed by atoms with E-state index in [4.69, 9.17) is 16.7 Å². The van der Waals surface area contributed by atoms with Crippen LogP contribution in [-0.2, 0) is 17.8 Å². The second-order valence-electron chi connectivity index (χ2n) is 3.77. The largest absolute Gasteiger partial charge is 0.481 e. The van der Waals surface area contributed by atoms with Gasteiger partial charge in [-0.1, -0.05) is 23.7 Å². The van der Waals surface area contributed by atoms with Crippen molar-refractivity contribution in [2.24, 2.45) is 0 Å². The summed E-state index contributed by atoms with van der Waals surface area (Å²) in [5, 5.41) is 20.5. The second-order valence-corrected chi connectivity index (χ2v) is 4.20. The fourth-order valence-electron chi connectivity index (χ4n) is 1.51. The topological polar surface area (TPSA) is 80.9 Å². The number of hydrogen-bond donors (Lipinski definition) is 1. The van der Waals surface area contributed by atoms with Gasteiger partial charge in [0.15, 0.2) is 5.82 Å². The van der Waals surface area contributed by atoms with Gasteiger partial charge in [-0.3, -0.25) is 4.79 Å². The van der Waals surface area contributed by atoms with Crippen molar-refractivity contribution in [3.8, 4) is 0 Å². The summed E-state index contributed by atoms with van der Waals surface area (Å²) in [6.45, 7) is 0.269. The van der Waals surface area contributed by atoms with E-state index >= 15 is 0 Å². The summed E-state index contributed by atoms with van der Waals surface area (Å²) >= 11 is 5.80. The number of aryl methyl sites for hydroxylation is 1. The van der Waals surface area contributed by atoms with Gasteiger partial charge < -0.3 is 5.11 Å². The molecule has 2 aromatic rings. The molecule has 0 saturated carbocycles. The summed E-state index contributed by atoms with van der Waals surface area (Å²) < 4.78 is 1.50. The van der Waals surface area contributed by atoms with E-state index in [-0.39, 0.29) is 13.0 Å². The number of halogens is 1. The van der Waals surface area contributed by atoms with Crippen molar-refractivity contribution in [2.45, 2.75) is 19.4 Å². The number of benzene rings is 1. The average molecular weight is 267 g/mol. The van der Waals surface area contributed by atoms with E-state index in [1.807, 2.05) is 12.1 Å². The summed E-state index contributed by atoms with van der Waals surface area (Å²) in [4.78, 5) is 10.5. The molecule has 18 heavy (non-hydrogen) atoms. The van der Waals surface area contributed by atoms with E-state index in [1.165, 1.54) is 4.68 Å². The van der Waals surface area contributed by atoms with E-state index in [2.05, 4.69) is 15.5 Å². The maximum Gasteiger partial charge on any atom is 0.305 e. The first kappa shape index (κ1) is 12.5. The molecule has 2 rings (SSSR count). The molecule has 6 nitrogen and oxygen atoms in total. The van der Waals surface area contributed by atoms with Gasteiger partial charge in [0.2, 0.25) is 0 Å². The summed E-state index contributed by atoms with van der Waals surface area (Å²) in [6, 6.07) is 7.36. The van der Waals surface area contributed by atoms with Crippen LogP contribution >= 0.6 is 11.6 Å². The molecule has 0 aliphatic carbocycles. The number of hydrogen-bond acceptors (Lipinski definition) is 4. The van der Waals surface area contributed by atoms with Crippen LogP contribution < -0.4 is 0 Å². The SMILES string of the molecule is O=C(O)CCn1nnnc1Cc1ccc(Cl)cc1. The van der Waals surface area contributed by atoms with Crippen LogP contribution in [0, 0.1) is 0 Å². The summed E-state index contributed by atoms with van der Waals surface area (Å²) in [5.41, 5.74) is 1.02. The third-order valence-corrected chi connectivity index (χ3v) is 2.67. The number of carbonyl (C=O) groups is 1. The molecule has 0 amide bonds. The minimum absolute atomic E-state index is 0.00133. The third-order valence-electron chi connectivity index (χ3n) is 2.42. The Hall–Kier alpha value is -1.95. The Kier molecular flexibility index (Phi) is 3.88. The summed E-state index contributed by atoms with van der Waals surface area (Å²) in [7, 11) is 0. The van der Waals surface area contributed by atoms with E-state index in [0.29, 0.717) is 17.3 Å². The molecule has 7 heteroatoms. The smallest absolute Gasteiger partial charge is 0.305 e. The third kappa shape index (κ3) is 3.27. The minimum atomic E-state index is -0.872. The number of aromatic nitrogens is 4. The number of rotatable bonds is 5. The highest BCUT2D eigenvalue weighted by Gasteiger charge is 2.08. The van der Waals surface area contributed by atoms with Gasteiger partial charge in [0.25, 0.3) is 0 Å². The zero-order valence-corrected chi connectivity index (χ0v) is 10.2. The Morgan fingerprint density at radius 2 is 2.06 bits per heavy atom. The highest BCUT2D eigenvalue weighted by molar-refractivity contribution is 6.30. The molecule has 0 saturated heterocycles. The Morgan fingerprint density at radius 3 is 2.72 bits per heavy atom. The molecule has 1 aromatic heterocycles. The van der Waals surface area contributed by atoms with Crippen molar-refractivity contribution in [3.63, 3.8) is 0 Å². The van der Waals surface area contributed by atoms with Crippen LogP contribution in [0.5, 0.6) is 0 Å². The van der Waals surface area contributed by atoms with E-state index in [0.717, 1.165) is 5.56 Å². The van der Waals surface area contributed by atoms with Crippen molar-refractivity contribution < 1.29 is 9.90 Å².